The molecule has 110 valence electrons. The zero-order chi connectivity index (χ0) is 14.5. The minimum absolute atomic E-state index is 0.0241. The zero-order valence-corrected chi connectivity index (χ0v) is 12.5. The van der Waals surface area contributed by atoms with Crippen LogP contribution in [0.1, 0.15) is 44.0 Å². The summed E-state index contributed by atoms with van der Waals surface area (Å²) in [5, 5.41) is 6.41. The first-order chi connectivity index (χ1) is 9.54. The molecule has 1 aromatic rings. The Hall–Kier alpha value is -1.55. The van der Waals surface area contributed by atoms with E-state index in [1.54, 1.807) is 0 Å². The van der Waals surface area contributed by atoms with Crippen LogP contribution < -0.4 is 10.6 Å². The van der Waals surface area contributed by atoms with Gasteiger partial charge in [0, 0.05) is 29.9 Å². The maximum Gasteiger partial charge on any atom is 0.251 e. The molecule has 1 aliphatic rings. The van der Waals surface area contributed by atoms with Gasteiger partial charge in [0.15, 0.2) is 0 Å². The lowest BCUT2D eigenvalue weighted by atomic mass is 10.0. The van der Waals surface area contributed by atoms with Crippen LogP contribution in [-0.4, -0.2) is 30.7 Å². The SMILES string of the molecule is CC(C)NC(=O)c1cccc(NC2CCOC(C)C2)c1. The predicted molar refractivity (Wildman–Crippen MR) is 81.1 cm³/mol. The molecule has 0 saturated carbocycles. The van der Waals surface area contributed by atoms with E-state index in [2.05, 4.69) is 17.6 Å². The third-order valence-electron chi connectivity index (χ3n) is 3.40. The molecule has 2 N–H and O–H groups in total. The van der Waals surface area contributed by atoms with E-state index in [-0.39, 0.29) is 11.9 Å². The Morgan fingerprint density at radius 2 is 2.20 bits per heavy atom. The molecule has 1 aliphatic heterocycles. The molecule has 1 saturated heterocycles. The Labute approximate surface area is 120 Å². The summed E-state index contributed by atoms with van der Waals surface area (Å²) in [4.78, 5) is 12.0. The topological polar surface area (TPSA) is 50.4 Å². The third-order valence-corrected chi connectivity index (χ3v) is 3.40. The van der Waals surface area contributed by atoms with Crippen LogP contribution in [0.4, 0.5) is 5.69 Å². The summed E-state index contributed by atoms with van der Waals surface area (Å²) in [7, 11) is 0. The lowest BCUT2D eigenvalue weighted by Crippen LogP contribution is -2.33. The summed E-state index contributed by atoms with van der Waals surface area (Å²) in [6.07, 6.45) is 2.31. The monoisotopic (exact) mass is 276 g/mol. The van der Waals surface area contributed by atoms with Crippen LogP contribution in [0.15, 0.2) is 24.3 Å². The molecule has 20 heavy (non-hydrogen) atoms. The van der Waals surface area contributed by atoms with E-state index in [1.807, 2.05) is 38.1 Å². The average Bonchev–Trinajstić information content (AvgIpc) is 2.38. The first kappa shape index (κ1) is 14.9. The minimum atomic E-state index is -0.0241. The van der Waals surface area contributed by atoms with Gasteiger partial charge in [0.05, 0.1) is 6.10 Å². The molecule has 2 atom stereocenters. The van der Waals surface area contributed by atoms with Crippen LogP contribution >= 0.6 is 0 Å². The molecule has 1 aromatic carbocycles. The lowest BCUT2D eigenvalue weighted by Gasteiger charge is -2.28. The van der Waals surface area contributed by atoms with Crippen molar-refractivity contribution >= 4 is 11.6 Å². The van der Waals surface area contributed by atoms with Crippen molar-refractivity contribution in [3.8, 4) is 0 Å². The first-order valence-corrected chi connectivity index (χ1v) is 7.33. The van der Waals surface area contributed by atoms with Crippen molar-refractivity contribution < 1.29 is 9.53 Å². The summed E-state index contributed by atoms with van der Waals surface area (Å²) in [6, 6.07) is 8.25. The highest BCUT2D eigenvalue weighted by Crippen LogP contribution is 2.19. The average molecular weight is 276 g/mol. The molecule has 0 radical (unpaired) electrons. The molecule has 0 bridgehead atoms. The quantitative estimate of drug-likeness (QED) is 0.889. The molecule has 4 heteroatoms. The van der Waals surface area contributed by atoms with Crippen molar-refractivity contribution in [2.75, 3.05) is 11.9 Å². The van der Waals surface area contributed by atoms with Gasteiger partial charge in [-0.2, -0.15) is 0 Å². The van der Waals surface area contributed by atoms with Crippen molar-refractivity contribution in [3.63, 3.8) is 0 Å². The summed E-state index contributed by atoms with van der Waals surface area (Å²) in [6.45, 7) is 6.82. The second-order valence-electron chi connectivity index (χ2n) is 5.76. The summed E-state index contributed by atoms with van der Waals surface area (Å²) >= 11 is 0. The number of benzene rings is 1. The number of carbonyl (C=O) groups is 1. The molecule has 0 aliphatic carbocycles. The van der Waals surface area contributed by atoms with Crippen LogP contribution in [-0.2, 0) is 4.74 Å². The van der Waals surface area contributed by atoms with Crippen molar-refractivity contribution in [1.29, 1.82) is 0 Å². The minimum Gasteiger partial charge on any atom is -0.382 e. The van der Waals surface area contributed by atoms with Gasteiger partial charge in [0.1, 0.15) is 0 Å². The number of hydrogen-bond donors (Lipinski definition) is 2. The normalized spacial score (nSPS) is 22.6. The Balaban J connectivity index is 2.00. The standard InChI is InChI=1S/C16H24N2O2/c1-11(2)17-16(19)13-5-4-6-14(10-13)18-15-7-8-20-12(3)9-15/h4-6,10-12,15,18H,7-9H2,1-3H3,(H,17,19). The fourth-order valence-corrected chi connectivity index (χ4v) is 2.46. The maximum absolute atomic E-state index is 12.0. The van der Waals surface area contributed by atoms with E-state index < -0.39 is 0 Å². The molecule has 1 fully saturated rings. The van der Waals surface area contributed by atoms with Gasteiger partial charge in [-0.3, -0.25) is 4.79 Å². The van der Waals surface area contributed by atoms with Crippen LogP contribution in [0.3, 0.4) is 0 Å². The van der Waals surface area contributed by atoms with Crippen LogP contribution in [0, 0.1) is 0 Å². The van der Waals surface area contributed by atoms with Gasteiger partial charge in [0.25, 0.3) is 5.91 Å². The summed E-state index contributed by atoms with van der Waals surface area (Å²) in [5.41, 5.74) is 1.70. The number of hydrogen-bond acceptors (Lipinski definition) is 3. The summed E-state index contributed by atoms with van der Waals surface area (Å²) < 4.78 is 5.55. The lowest BCUT2D eigenvalue weighted by molar-refractivity contribution is 0.0232. The predicted octanol–water partition coefficient (Wildman–Crippen LogP) is 2.80. The van der Waals surface area contributed by atoms with Gasteiger partial charge in [0.2, 0.25) is 0 Å². The number of ether oxygens (including phenoxy) is 1. The fourth-order valence-electron chi connectivity index (χ4n) is 2.46. The van der Waals surface area contributed by atoms with E-state index in [1.165, 1.54) is 0 Å². The van der Waals surface area contributed by atoms with Gasteiger partial charge in [-0.1, -0.05) is 6.07 Å². The second kappa shape index (κ2) is 6.75. The van der Waals surface area contributed by atoms with Crippen LogP contribution in [0.2, 0.25) is 0 Å². The molecular weight excluding hydrogens is 252 g/mol. The van der Waals surface area contributed by atoms with Crippen LogP contribution in [0.5, 0.6) is 0 Å². The molecular formula is C16H24N2O2. The Morgan fingerprint density at radius 1 is 1.40 bits per heavy atom. The highest BCUT2D eigenvalue weighted by atomic mass is 16.5. The number of rotatable bonds is 4. The van der Waals surface area contributed by atoms with E-state index in [9.17, 15) is 4.79 Å². The van der Waals surface area contributed by atoms with Gasteiger partial charge < -0.3 is 15.4 Å². The van der Waals surface area contributed by atoms with Gasteiger partial charge >= 0.3 is 0 Å². The van der Waals surface area contributed by atoms with Crippen molar-refractivity contribution in [3.05, 3.63) is 29.8 Å². The highest BCUT2D eigenvalue weighted by molar-refractivity contribution is 5.95. The maximum atomic E-state index is 12.0. The van der Waals surface area contributed by atoms with Gasteiger partial charge in [-0.15, -0.1) is 0 Å². The highest BCUT2D eigenvalue weighted by Gasteiger charge is 2.19. The number of nitrogens with one attached hydrogen (secondary N) is 2. The smallest absolute Gasteiger partial charge is 0.251 e. The van der Waals surface area contributed by atoms with E-state index in [4.69, 9.17) is 4.74 Å². The second-order valence-corrected chi connectivity index (χ2v) is 5.76. The van der Waals surface area contributed by atoms with Gasteiger partial charge in [-0.05, 0) is 51.8 Å². The van der Waals surface area contributed by atoms with Crippen molar-refractivity contribution in [2.45, 2.75) is 51.8 Å². The van der Waals surface area contributed by atoms with Crippen molar-refractivity contribution in [2.24, 2.45) is 0 Å². The molecule has 2 rings (SSSR count). The summed E-state index contributed by atoms with van der Waals surface area (Å²) in [5.74, 6) is -0.0241. The van der Waals surface area contributed by atoms with E-state index in [0.29, 0.717) is 17.7 Å². The Bertz CT molecular complexity index is 460. The van der Waals surface area contributed by atoms with Crippen molar-refractivity contribution in [1.82, 2.24) is 5.32 Å². The molecule has 2 unspecified atom stereocenters. The molecule has 4 nitrogen and oxygen atoms in total. The molecule has 0 aromatic heterocycles. The largest absolute Gasteiger partial charge is 0.382 e. The third kappa shape index (κ3) is 4.23. The molecule has 1 amide bonds. The van der Waals surface area contributed by atoms with E-state index >= 15 is 0 Å². The zero-order valence-electron chi connectivity index (χ0n) is 12.5. The fraction of sp³-hybridized carbons (Fsp3) is 0.562. The Morgan fingerprint density at radius 3 is 2.90 bits per heavy atom. The van der Waals surface area contributed by atoms with Gasteiger partial charge in [-0.25, -0.2) is 0 Å². The number of carbonyl (C=O) groups excluding carboxylic acids is 1. The molecule has 1 heterocycles. The Kier molecular flexibility index (Phi) is 5.01. The van der Waals surface area contributed by atoms with Crippen LogP contribution in [0.25, 0.3) is 0 Å². The molecule has 0 spiro atoms. The van der Waals surface area contributed by atoms with E-state index in [0.717, 1.165) is 25.1 Å². The number of amides is 1. The first-order valence-electron chi connectivity index (χ1n) is 7.33. The number of anilines is 1.